The Bertz CT molecular complexity index is 943. The van der Waals surface area contributed by atoms with Crippen molar-refractivity contribution in [3.05, 3.63) is 35.9 Å². The molecule has 0 aromatic heterocycles. The van der Waals surface area contributed by atoms with Gasteiger partial charge in [-0.2, -0.15) is 11.8 Å². The molecule has 11 N–H and O–H groups in total. The summed E-state index contributed by atoms with van der Waals surface area (Å²) in [5, 5.41) is 26.9. The van der Waals surface area contributed by atoms with Gasteiger partial charge in [-0.05, 0) is 43.8 Å². The van der Waals surface area contributed by atoms with Crippen LogP contribution in [0.1, 0.15) is 31.7 Å². The van der Waals surface area contributed by atoms with E-state index >= 15 is 0 Å². The fourth-order valence-corrected chi connectivity index (χ4v) is 3.83. The lowest BCUT2D eigenvalue weighted by Gasteiger charge is -2.25. The van der Waals surface area contributed by atoms with Crippen LogP contribution in [0.15, 0.2) is 35.3 Å². The number of aliphatic carboxylic acids is 1. The third-order valence-corrected chi connectivity index (χ3v) is 6.19. The number of carboxylic acids is 1. The SMILES string of the molecule is CSCCC(NC(=O)C(N)C(C)O)C(=O)NC(CCCN=C(N)N)C(=O)NC(Cc1ccccc1)C(=O)O. The summed E-state index contributed by atoms with van der Waals surface area (Å²) in [4.78, 5) is 54.4. The van der Waals surface area contributed by atoms with Gasteiger partial charge < -0.3 is 43.4 Å². The van der Waals surface area contributed by atoms with Gasteiger partial charge in [0.15, 0.2) is 5.96 Å². The molecule has 0 aliphatic carbocycles. The second kappa shape index (κ2) is 17.2. The molecule has 1 aromatic carbocycles. The number of hydrogen-bond acceptors (Lipinski definition) is 8. The Balaban J connectivity index is 3.06. The number of carbonyl (C=O) groups excluding carboxylic acids is 3. The summed E-state index contributed by atoms with van der Waals surface area (Å²) in [5.41, 5.74) is 17.1. The van der Waals surface area contributed by atoms with Crippen molar-refractivity contribution in [3.63, 3.8) is 0 Å². The number of nitrogens with one attached hydrogen (secondary N) is 3. The highest BCUT2D eigenvalue weighted by Gasteiger charge is 2.30. The lowest BCUT2D eigenvalue weighted by molar-refractivity contribution is -0.142. The number of hydrogen-bond donors (Lipinski definition) is 8. The Hall–Kier alpha value is -3.36. The zero-order valence-electron chi connectivity index (χ0n) is 21.6. The smallest absolute Gasteiger partial charge is 0.326 e. The number of aliphatic hydroxyl groups is 1. The van der Waals surface area contributed by atoms with Crippen LogP contribution in [-0.4, -0.2) is 88.7 Å². The number of aliphatic imine (C=N–C) groups is 1. The van der Waals surface area contributed by atoms with E-state index in [0.29, 0.717) is 17.7 Å². The molecule has 0 radical (unpaired) electrons. The maximum atomic E-state index is 13.1. The van der Waals surface area contributed by atoms with Gasteiger partial charge in [0.1, 0.15) is 24.2 Å². The second-order valence-electron chi connectivity index (χ2n) is 8.71. The summed E-state index contributed by atoms with van der Waals surface area (Å²) in [7, 11) is 0. The quantitative estimate of drug-likeness (QED) is 0.0617. The van der Waals surface area contributed by atoms with Gasteiger partial charge in [0.25, 0.3) is 0 Å². The highest BCUT2D eigenvalue weighted by Crippen LogP contribution is 2.08. The first-order valence-corrected chi connectivity index (χ1v) is 13.5. The Labute approximate surface area is 226 Å². The number of benzene rings is 1. The highest BCUT2D eigenvalue weighted by atomic mass is 32.2. The number of amides is 3. The summed E-state index contributed by atoms with van der Waals surface area (Å²) in [6.07, 6.45) is 1.38. The summed E-state index contributed by atoms with van der Waals surface area (Å²) in [6.45, 7) is 1.54. The Morgan fingerprint density at radius 1 is 0.947 bits per heavy atom. The molecule has 38 heavy (non-hydrogen) atoms. The first-order chi connectivity index (χ1) is 18.0. The average molecular weight is 554 g/mol. The van der Waals surface area contributed by atoms with Crippen molar-refractivity contribution in [2.45, 2.75) is 62.9 Å². The van der Waals surface area contributed by atoms with Crippen molar-refractivity contribution in [2.75, 3.05) is 18.6 Å². The van der Waals surface area contributed by atoms with Gasteiger partial charge >= 0.3 is 5.97 Å². The lowest BCUT2D eigenvalue weighted by atomic mass is 10.0. The van der Waals surface area contributed by atoms with Crippen LogP contribution < -0.4 is 33.2 Å². The largest absolute Gasteiger partial charge is 0.480 e. The molecule has 0 heterocycles. The number of carboxylic acid groups (broad SMARTS) is 1. The molecule has 1 rings (SSSR count). The molecule has 212 valence electrons. The minimum atomic E-state index is -1.24. The molecular formula is C24H39N7O6S. The minimum absolute atomic E-state index is 0.0419. The summed E-state index contributed by atoms with van der Waals surface area (Å²) in [5.74, 6) is -2.92. The van der Waals surface area contributed by atoms with E-state index in [2.05, 4.69) is 20.9 Å². The van der Waals surface area contributed by atoms with Crippen LogP contribution in [-0.2, 0) is 25.6 Å². The van der Waals surface area contributed by atoms with Gasteiger partial charge in [-0.25, -0.2) is 4.79 Å². The highest BCUT2D eigenvalue weighted by molar-refractivity contribution is 7.98. The van der Waals surface area contributed by atoms with Gasteiger partial charge in [-0.1, -0.05) is 30.3 Å². The third-order valence-electron chi connectivity index (χ3n) is 5.54. The molecule has 0 spiro atoms. The molecule has 0 saturated carbocycles. The van der Waals surface area contributed by atoms with E-state index in [4.69, 9.17) is 17.2 Å². The molecule has 14 heteroatoms. The second-order valence-corrected chi connectivity index (χ2v) is 9.69. The van der Waals surface area contributed by atoms with Gasteiger partial charge in [0, 0.05) is 13.0 Å². The lowest BCUT2D eigenvalue weighted by Crippen LogP contribution is -2.58. The maximum Gasteiger partial charge on any atom is 0.326 e. The number of guanidine groups is 1. The first kappa shape index (κ1) is 32.7. The van der Waals surface area contributed by atoms with Crippen molar-refractivity contribution in [3.8, 4) is 0 Å². The number of rotatable bonds is 17. The summed E-state index contributed by atoms with van der Waals surface area (Å²) >= 11 is 1.45. The molecule has 0 saturated heterocycles. The van der Waals surface area contributed by atoms with Crippen LogP contribution in [0, 0.1) is 0 Å². The normalized spacial score (nSPS) is 14.7. The van der Waals surface area contributed by atoms with Crippen molar-refractivity contribution in [1.29, 1.82) is 0 Å². The molecule has 1 aromatic rings. The first-order valence-electron chi connectivity index (χ1n) is 12.1. The van der Waals surface area contributed by atoms with Crippen molar-refractivity contribution in [2.24, 2.45) is 22.2 Å². The number of nitrogens with zero attached hydrogens (tertiary/aromatic N) is 1. The molecule has 0 aliphatic rings. The third kappa shape index (κ3) is 12.3. The summed E-state index contributed by atoms with van der Waals surface area (Å²) in [6, 6.07) is 4.15. The molecule has 0 fully saturated rings. The summed E-state index contributed by atoms with van der Waals surface area (Å²) < 4.78 is 0. The maximum absolute atomic E-state index is 13.1. The van der Waals surface area contributed by atoms with Crippen molar-refractivity contribution in [1.82, 2.24) is 16.0 Å². The van der Waals surface area contributed by atoms with Gasteiger partial charge in [0.05, 0.1) is 6.10 Å². The Morgan fingerprint density at radius 3 is 2.03 bits per heavy atom. The van der Waals surface area contributed by atoms with E-state index in [1.807, 2.05) is 6.26 Å². The molecule has 0 bridgehead atoms. The Kier molecular flexibility index (Phi) is 14.8. The minimum Gasteiger partial charge on any atom is -0.480 e. The van der Waals surface area contributed by atoms with E-state index < -0.39 is 54.0 Å². The zero-order chi connectivity index (χ0) is 28.7. The van der Waals surface area contributed by atoms with Gasteiger partial charge in [-0.15, -0.1) is 0 Å². The van der Waals surface area contributed by atoms with Crippen molar-refractivity contribution < 1.29 is 29.4 Å². The fourth-order valence-electron chi connectivity index (χ4n) is 3.36. The predicted molar refractivity (Wildman–Crippen MR) is 146 cm³/mol. The van der Waals surface area contributed by atoms with Crippen LogP contribution >= 0.6 is 11.8 Å². The van der Waals surface area contributed by atoms with Crippen LogP contribution in [0.4, 0.5) is 0 Å². The van der Waals surface area contributed by atoms with E-state index in [9.17, 15) is 29.4 Å². The molecule has 5 unspecified atom stereocenters. The number of carbonyl (C=O) groups is 4. The number of nitrogens with two attached hydrogens (primary N) is 3. The fraction of sp³-hybridized carbons (Fsp3) is 0.542. The van der Waals surface area contributed by atoms with E-state index in [1.165, 1.54) is 18.7 Å². The predicted octanol–water partition coefficient (Wildman–Crippen LogP) is -1.72. The van der Waals surface area contributed by atoms with Crippen LogP contribution in [0.5, 0.6) is 0 Å². The van der Waals surface area contributed by atoms with E-state index in [-0.39, 0.29) is 31.8 Å². The topological polar surface area (TPSA) is 235 Å². The van der Waals surface area contributed by atoms with Crippen molar-refractivity contribution >= 4 is 41.4 Å². The molecular weight excluding hydrogens is 514 g/mol. The number of thioether (sulfide) groups is 1. The van der Waals surface area contributed by atoms with Crippen LogP contribution in [0.3, 0.4) is 0 Å². The average Bonchev–Trinajstić information content (AvgIpc) is 2.87. The van der Waals surface area contributed by atoms with Crippen LogP contribution in [0.2, 0.25) is 0 Å². The zero-order valence-corrected chi connectivity index (χ0v) is 22.4. The molecule has 13 nitrogen and oxygen atoms in total. The number of aliphatic hydroxyl groups excluding tert-OH is 1. The molecule has 0 aliphatic heterocycles. The van der Waals surface area contributed by atoms with Gasteiger partial charge in [0.2, 0.25) is 17.7 Å². The van der Waals surface area contributed by atoms with Crippen LogP contribution in [0.25, 0.3) is 0 Å². The van der Waals surface area contributed by atoms with E-state index in [0.717, 1.165) is 0 Å². The Morgan fingerprint density at radius 2 is 1.50 bits per heavy atom. The standard InChI is InChI=1S/C24H39N7O6S/c1-14(32)19(25)22(35)30-17(10-12-38-2)21(34)29-16(9-6-11-28-24(26)27)20(33)31-18(23(36)37)13-15-7-4-3-5-8-15/h3-5,7-8,14,16-19,32H,6,9-13,25H2,1-2H3,(H,29,34)(H,30,35)(H,31,33)(H,36,37)(H4,26,27,28). The molecule has 3 amide bonds. The molecule has 5 atom stereocenters. The monoisotopic (exact) mass is 553 g/mol. The van der Waals surface area contributed by atoms with Gasteiger partial charge in [-0.3, -0.25) is 19.4 Å². The van der Waals surface area contributed by atoms with E-state index in [1.54, 1.807) is 30.3 Å².